The van der Waals surface area contributed by atoms with Gasteiger partial charge in [-0.1, -0.05) is 6.92 Å². The van der Waals surface area contributed by atoms with Crippen LogP contribution in [0.5, 0.6) is 0 Å². The van der Waals surface area contributed by atoms with Gasteiger partial charge in [-0.2, -0.15) is 0 Å². The van der Waals surface area contributed by atoms with E-state index in [4.69, 9.17) is 5.73 Å². The number of hydrogen-bond acceptors (Lipinski definition) is 3. The molecule has 0 aromatic heterocycles. The van der Waals surface area contributed by atoms with Crippen molar-refractivity contribution in [3.8, 4) is 0 Å². The van der Waals surface area contributed by atoms with Gasteiger partial charge in [0.2, 0.25) is 11.8 Å². The second kappa shape index (κ2) is 6.40. The Morgan fingerprint density at radius 2 is 1.87 bits per heavy atom. The predicted molar refractivity (Wildman–Crippen MR) is 59.1 cm³/mol. The molecule has 0 radical (unpaired) electrons. The summed E-state index contributed by atoms with van der Waals surface area (Å²) in [6.45, 7) is 3.95. The average Bonchev–Trinajstić information content (AvgIpc) is 2.16. The third-order valence-electron chi connectivity index (χ3n) is 2.22. The SMILES string of the molecule is CC(CCN)C(=O)NC(C)C(=O)N(C)C. The third kappa shape index (κ3) is 4.78. The van der Waals surface area contributed by atoms with Gasteiger partial charge in [0, 0.05) is 20.0 Å². The summed E-state index contributed by atoms with van der Waals surface area (Å²) in [5.41, 5.74) is 5.35. The Balaban J connectivity index is 4.12. The Hall–Kier alpha value is -1.10. The molecule has 5 heteroatoms. The van der Waals surface area contributed by atoms with Crippen molar-refractivity contribution in [2.75, 3.05) is 20.6 Å². The van der Waals surface area contributed by atoms with E-state index in [1.54, 1.807) is 27.9 Å². The lowest BCUT2D eigenvalue weighted by Crippen LogP contribution is -2.46. The minimum absolute atomic E-state index is 0.108. The molecule has 0 aliphatic carbocycles. The molecule has 0 aliphatic heterocycles. The molecule has 2 amide bonds. The van der Waals surface area contributed by atoms with Gasteiger partial charge < -0.3 is 16.0 Å². The zero-order chi connectivity index (χ0) is 12.0. The van der Waals surface area contributed by atoms with E-state index in [0.29, 0.717) is 13.0 Å². The summed E-state index contributed by atoms with van der Waals surface area (Å²) in [5, 5.41) is 2.66. The molecule has 0 aromatic rings. The van der Waals surface area contributed by atoms with Crippen molar-refractivity contribution in [1.29, 1.82) is 0 Å². The van der Waals surface area contributed by atoms with E-state index >= 15 is 0 Å². The van der Waals surface area contributed by atoms with E-state index in [0.717, 1.165) is 0 Å². The number of nitrogens with two attached hydrogens (primary N) is 1. The van der Waals surface area contributed by atoms with Crippen LogP contribution in [0.15, 0.2) is 0 Å². The molecule has 2 unspecified atom stereocenters. The monoisotopic (exact) mass is 215 g/mol. The highest BCUT2D eigenvalue weighted by atomic mass is 16.2. The number of carbonyl (C=O) groups excluding carboxylic acids is 2. The minimum Gasteiger partial charge on any atom is -0.347 e. The first-order chi connectivity index (χ1) is 6.90. The molecule has 0 aliphatic rings. The van der Waals surface area contributed by atoms with Crippen LogP contribution in [0.3, 0.4) is 0 Å². The first kappa shape index (κ1) is 13.9. The van der Waals surface area contributed by atoms with E-state index in [-0.39, 0.29) is 17.7 Å². The molecule has 3 N–H and O–H groups in total. The molecule has 0 bridgehead atoms. The lowest BCUT2D eigenvalue weighted by Gasteiger charge is -2.19. The molecule has 0 saturated heterocycles. The van der Waals surface area contributed by atoms with Gasteiger partial charge >= 0.3 is 0 Å². The van der Waals surface area contributed by atoms with Crippen LogP contribution >= 0.6 is 0 Å². The van der Waals surface area contributed by atoms with Crippen LogP contribution in [-0.2, 0) is 9.59 Å². The molecule has 15 heavy (non-hydrogen) atoms. The van der Waals surface area contributed by atoms with Crippen LogP contribution in [0.1, 0.15) is 20.3 Å². The summed E-state index contributed by atoms with van der Waals surface area (Å²) >= 11 is 0. The highest BCUT2D eigenvalue weighted by Gasteiger charge is 2.19. The van der Waals surface area contributed by atoms with E-state index < -0.39 is 6.04 Å². The van der Waals surface area contributed by atoms with Crippen LogP contribution in [-0.4, -0.2) is 43.4 Å². The van der Waals surface area contributed by atoms with E-state index in [2.05, 4.69) is 5.32 Å². The molecule has 5 nitrogen and oxygen atoms in total. The van der Waals surface area contributed by atoms with Crippen LogP contribution in [0.4, 0.5) is 0 Å². The summed E-state index contributed by atoms with van der Waals surface area (Å²) in [4.78, 5) is 24.4. The maximum absolute atomic E-state index is 11.5. The fourth-order valence-electron chi connectivity index (χ4n) is 1.19. The van der Waals surface area contributed by atoms with Crippen molar-refractivity contribution in [2.24, 2.45) is 11.7 Å². The van der Waals surface area contributed by atoms with Gasteiger partial charge in [0.15, 0.2) is 0 Å². The van der Waals surface area contributed by atoms with Gasteiger partial charge in [0.05, 0.1) is 0 Å². The number of amides is 2. The quantitative estimate of drug-likeness (QED) is 0.653. The smallest absolute Gasteiger partial charge is 0.244 e. The van der Waals surface area contributed by atoms with Crippen molar-refractivity contribution in [2.45, 2.75) is 26.3 Å². The zero-order valence-electron chi connectivity index (χ0n) is 9.91. The van der Waals surface area contributed by atoms with Gasteiger partial charge in [-0.25, -0.2) is 0 Å². The van der Waals surface area contributed by atoms with Gasteiger partial charge in [-0.3, -0.25) is 9.59 Å². The van der Waals surface area contributed by atoms with E-state index in [9.17, 15) is 9.59 Å². The summed E-state index contributed by atoms with van der Waals surface area (Å²) in [7, 11) is 3.32. The number of nitrogens with one attached hydrogen (secondary N) is 1. The van der Waals surface area contributed by atoms with Gasteiger partial charge in [-0.05, 0) is 19.9 Å². The van der Waals surface area contributed by atoms with Gasteiger partial charge in [-0.15, -0.1) is 0 Å². The average molecular weight is 215 g/mol. The van der Waals surface area contributed by atoms with Gasteiger partial charge in [0.1, 0.15) is 6.04 Å². The molecule has 0 saturated carbocycles. The molecule has 2 atom stereocenters. The number of hydrogen-bond donors (Lipinski definition) is 2. The van der Waals surface area contributed by atoms with Crippen molar-refractivity contribution in [3.05, 3.63) is 0 Å². The van der Waals surface area contributed by atoms with Crippen molar-refractivity contribution >= 4 is 11.8 Å². The largest absolute Gasteiger partial charge is 0.347 e. The number of nitrogens with zero attached hydrogens (tertiary/aromatic N) is 1. The third-order valence-corrected chi connectivity index (χ3v) is 2.22. The fraction of sp³-hybridized carbons (Fsp3) is 0.800. The molecular formula is C10H21N3O2. The molecule has 0 spiro atoms. The number of likely N-dealkylation sites (N-methyl/N-ethyl adjacent to an activating group) is 1. The Bertz CT molecular complexity index is 229. The maximum Gasteiger partial charge on any atom is 0.244 e. The molecular weight excluding hydrogens is 194 g/mol. The van der Waals surface area contributed by atoms with Crippen LogP contribution in [0, 0.1) is 5.92 Å². The van der Waals surface area contributed by atoms with Crippen molar-refractivity contribution < 1.29 is 9.59 Å². The summed E-state index contributed by atoms with van der Waals surface area (Å²) in [6.07, 6.45) is 0.634. The Labute approximate surface area is 91.0 Å². The topological polar surface area (TPSA) is 75.4 Å². The maximum atomic E-state index is 11.5. The first-order valence-corrected chi connectivity index (χ1v) is 5.11. The fourth-order valence-corrected chi connectivity index (χ4v) is 1.19. The predicted octanol–water partition coefficient (Wildman–Crippen LogP) is -0.436. The van der Waals surface area contributed by atoms with E-state index in [1.165, 1.54) is 4.90 Å². The highest BCUT2D eigenvalue weighted by Crippen LogP contribution is 2.01. The van der Waals surface area contributed by atoms with Crippen molar-refractivity contribution in [1.82, 2.24) is 10.2 Å². The van der Waals surface area contributed by atoms with E-state index in [1.807, 2.05) is 0 Å². The lowest BCUT2D eigenvalue weighted by atomic mass is 10.1. The standard InChI is InChI=1S/C10H21N3O2/c1-7(5-6-11)9(14)12-8(2)10(15)13(3)4/h7-8H,5-6,11H2,1-4H3,(H,12,14). The Morgan fingerprint density at radius 1 is 1.33 bits per heavy atom. The van der Waals surface area contributed by atoms with Crippen LogP contribution in [0.2, 0.25) is 0 Å². The molecule has 0 heterocycles. The Kier molecular flexibility index (Phi) is 5.93. The number of rotatable bonds is 5. The normalized spacial score (nSPS) is 14.2. The minimum atomic E-state index is -0.479. The van der Waals surface area contributed by atoms with Gasteiger partial charge in [0.25, 0.3) is 0 Å². The molecule has 88 valence electrons. The van der Waals surface area contributed by atoms with Crippen LogP contribution in [0.25, 0.3) is 0 Å². The second-order valence-electron chi connectivity index (χ2n) is 3.94. The molecule has 0 aromatic carbocycles. The lowest BCUT2D eigenvalue weighted by molar-refractivity contribution is -0.135. The van der Waals surface area contributed by atoms with Crippen molar-refractivity contribution in [3.63, 3.8) is 0 Å². The van der Waals surface area contributed by atoms with Crippen LogP contribution < -0.4 is 11.1 Å². The summed E-state index contributed by atoms with van der Waals surface area (Å²) < 4.78 is 0. The summed E-state index contributed by atoms with van der Waals surface area (Å²) in [5.74, 6) is -0.376. The first-order valence-electron chi connectivity index (χ1n) is 5.11. The molecule has 0 rings (SSSR count). The Morgan fingerprint density at radius 3 is 2.27 bits per heavy atom. The zero-order valence-corrected chi connectivity index (χ0v) is 9.91. The second-order valence-corrected chi connectivity index (χ2v) is 3.94. The molecule has 0 fully saturated rings. The highest BCUT2D eigenvalue weighted by molar-refractivity contribution is 5.87. The number of carbonyl (C=O) groups is 2. The summed E-state index contributed by atoms with van der Waals surface area (Å²) in [6, 6.07) is -0.479.